The van der Waals surface area contributed by atoms with Gasteiger partial charge in [0.25, 0.3) is 0 Å². The Morgan fingerprint density at radius 3 is 2.86 bits per heavy atom. The van der Waals surface area contributed by atoms with Crippen molar-refractivity contribution in [3.8, 4) is 5.75 Å². The Bertz CT molecular complexity index is 960. The van der Waals surface area contributed by atoms with E-state index in [9.17, 15) is 10.2 Å². The van der Waals surface area contributed by atoms with Gasteiger partial charge in [0.05, 0.1) is 11.8 Å². The van der Waals surface area contributed by atoms with E-state index >= 15 is 0 Å². The topological polar surface area (TPSA) is 58.3 Å². The van der Waals surface area contributed by atoms with Crippen molar-refractivity contribution in [3.05, 3.63) is 52.4 Å². The lowest BCUT2D eigenvalue weighted by Crippen LogP contribution is -2.44. The van der Waals surface area contributed by atoms with Gasteiger partial charge in [0, 0.05) is 24.2 Å². The highest BCUT2D eigenvalue weighted by atomic mass is 16.3. The molecular weight excluding hydrogens is 348 g/mol. The quantitative estimate of drug-likeness (QED) is 0.776. The van der Waals surface area contributed by atoms with E-state index in [1.54, 1.807) is 0 Å². The normalized spacial score (nSPS) is 35.5. The Kier molecular flexibility index (Phi) is 3.99. The van der Waals surface area contributed by atoms with Gasteiger partial charge in [-0.3, -0.25) is 4.68 Å². The summed E-state index contributed by atoms with van der Waals surface area (Å²) in [4.78, 5) is 0. The molecule has 0 unspecified atom stereocenters. The van der Waals surface area contributed by atoms with E-state index in [0.29, 0.717) is 23.5 Å². The maximum atomic E-state index is 11.3. The van der Waals surface area contributed by atoms with E-state index in [4.69, 9.17) is 0 Å². The standard InChI is InChI=1S/C24H30N2O2/c1-14-17(13-26(3)25-14)10-16-12-22-21-6-4-15-11-18(27)5-7-19(15)20(21)8-9-24(22,2)23(16)28/h5,7,10-11,13,20-23,27-28H,4,6,8-9,12H2,1-3H3/b16-10+/t20-,21+,22-,23+,24-/m0/s1. The largest absolute Gasteiger partial charge is 0.508 e. The Balaban J connectivity index is 1.49. The number of aromatic hydroxyl groups is 1. The highest BCUT2D eigenvalue weighted by molar-refractivity contribution is 5.57. The second-order valence-electron chi connectivity index (χ2n) is 9.51. The predicted molar refractivity (Wildman–Crippen MR) is 110 cm³/mol. The van der Waals surface area contributed by atoms with E-state index < -0.39 is 0 Å². The van der Waals surface area contributed by atoms with Crippen molar-refractivity contribution in [1.82, 2.24) is 9.78 Å². The van der Waals surface area contributed by atoms with E-state index in [1.165, 1.54) is 16.7 Å². The van der Waals surface area contributed by atoms with Crippen LogP contribution in [0.5, 0.6) is 5.75 Å². The molecule has 1 aromatic heterocycles. The monoisotopic (exact) mass is 378 g/mol. The molecule has 3 aliphatic rings. The molecule has 2 aromatic rings. The number of hydrogen-bond donors (Lipinski definition) is 2. The molecule has 5 atom stereocenters. The molecule has 2 N–H and O–H groups in total. The fourth-order valence-corrected chi connectivity index (χ4v) is 6.53. The lowest BCUT2D eigenvalue weighted by molar-refractivity contribution is -0.0158. The molecule has 1 aromatic carbocycles. The van der Waals surface area contributed by atoms with Gasteiger partial charge in [-0.25, -0.2) is 0 Å². The zero-order valence-corrected chi connectivity index (χ0v) is 17.0. The summed E-state index contributed by atoms with van der Waals surface area (Å²) in [5, 5.41) is 25.6. The van der Waals surface area contributed by atoms with Crippen molar-refractivity contribution < 1.29 is 10.2 Å². The fraction of sp³-hybridized carbons (Fsp3) is 0.542. The van der Waals surface area contributed by atoms with Crippen LogP contribution in [-0.4, -0.2) is 26.1 Å². The average Bonchev–Trinajstić information content (AvgIpc) is 3.11. The molecule has 0 bridgehead atoms. The van der Waals surface area contributed by atoms with Crippen LogP contribution in [0.1, 0.15) is 60.9 Å². The van der Waals surface area contributed by atoms with Gasteiger partial charge >= 0.3 is 0 Å². The summed E-state index contributed by atoms with van der Waals surface area (Å²) in [6.07, 6.45) is 9.25. The van der Waals surface area contributed by atoms with Gasteiger partial charge in [-0.1, -0.05) is 13.0 Å². The molecular formula is C24H30N2O2. The Labute approximate surface area is 166 Å². The molecule has 5 rings (SSSR count). The van der Waals surface area contributed by atoms with Crippen molar-refractivity contribution in [2.75, 3.05) is 0 Å². The smallest absolute Gasteiger partial charge is 0.115 e. The first-order chi connectivity index (χ1) is 13.4. The van der Waals surface area contributed by atoms with Gasteiger partial charge in [-0.05, 0) is 91.7 Å². The highest BCUT2D eigenvalue weighted by Gasteiger charge is 2.56. The second kappa shape index (κ2) is 6.21. The average molecular weight is 379 g/mol. The molecule has 148 valence electrons. The van der Waals surface area contributed by atoms with Crippen LogP contribution in [0.3, 0.4) is 0 Å². The minimum absolute atomic E-state index is 0.0302. The molecule has 2 saturated carbocycles. The van der Waals surface area contributed by atoms with E-state index in [1.807, 2.05) is 37.0 Å². The van der Waals surface area contributed by atoms with E-state index in [0.717, 1.165) is 43.4 Å². The number of fused-ring (bicyclic) bond motifs is 5. The first-order valence-electron chi connectivity index (χ1n) is 10.6. The number of rotatable bonds is 1. The Hall–Kier alpha value is -2.07. The van der Waals surface area contributed by atoms with Gasteiger partial charge in [-0.15, -0.1) is 0 Å². The SMILES string of the molecule is Cc1nn(C)cc1/C=C1\C[C@H]2[C@@H]3CCc4cc(O)ccc4[C@@H]3CC[C@]2(C)[C@@H]1O. The summed E-state index contributed by atoms with van der Waals surface area (Å²) < 4.78 is 1.85. The number of aliphatic hydroxyl groups is 1. The molecule has 2 fully saturated rings. The second-order valence-corrected chi connectivity index (χ2v) is 9.51. The van der Waals surface area contributed by atoms with Gasteiger partial charge in [0.15, 0.2) is 0 Å². The maximum Gasteiger partial charge on any atom is 0.115 e. The van der Waals surface area contributed by atoms with Crippen LogP contribution in [0, 0.1) is 24.2 Å². The van der Waals surface area contributed by atoms with Gasteiger partial charge in [0.2, 0.25) is 0 Å². The van der Waals surface area contributed by atoms with Crippen LogP contribution in [0.15, 0.2) is 30.0 Å². The summed E-state index contributed by atoms with van der Waals surface area (Å²) in [7, 11) is 1.95. The third kappa shape index (κ3) is 2.57. The van der Waals surface area contributed by atoms with Crippen molar-refractivity contribution in [2.24, 2.45) is 24.3 Å². The van der Waals surface area contributed by atoms with Crippen molar-refractivity contribution in [1.29, 1.82) is 0 Å². The molecule has 1 heterocycles. The number of aliphatic hydroxyl groups excluding tert-OH is 1. The molecule has 0 spiro atoms. The molecule has 0 radical (unpaired) electrons. The lowest BCUT2D eigenvalue weighted by atomic mass is 9.55. The number of hydrogen-bond acceptors (Lipinski definition) is 3. The number of benzene rings is 1. The lowest BCUT2D eigenvalue weighted by Gasteiger charge is -2.49. The van der Waals surface area contributed by atoms with Crippen LogP contribution in [0.25, 0.3) is 6.08 Å². The Morgan fingerprint density at radius 2 is 2.11 bits per heavy atom. The number of phenols is 1. The molecule has 28 heavy (non-hydrogen) atoms. The highest BCUT2D eigenvalue weighted by Crippen LogP contribution is 2.62. The van der Waals surface area contributed by atoms with Gasteiger partial charge < -0.3 is 10.2 Å². The molecule has 0 saturated heterocycles. The first kappa shape index (κ1) is 18.0. The summed E-state index contributed by atoms with van der Waals surface area (Å²) in [6, 6.07) is 5.94. The first-order valence-corrected chi connectivity index (χ1v) is 10.6. The van der Waals surface area contributed by atoms with E-state index in [-0.39, 0.29) is 11.5 Å². The van der Waals surface area contributed by atoms with Gasteiger partial charge in [-0.2, -0.15) is 5.10 Å². The molecule has 4 nitrogen and oxygen atoms in total. The third-order valence-electron chi connectivity index (χ3n) is 7.97. The fourth-order valence-electron chi connectivity index (χ4n) is 6.53. The van der Waals surface area contributed by atoms with Crippen LogP contribution < -0.4 is 0 Å². The maximum absolute atomic E-state index is 11.3. The zero-order valence-electron chi connectivity index (χ0n) is 17.0. The number of nitrogens with zero attached hydrogens (tertiary/aromatic N) is 2. The molecule has 4 heteroatoms. The summed E-state index contributed by atoms with van der Waals surface area (Å²) in [5.74, 6) is 2.08. The van der Waals surface area contributed by atoms with Crippen molar-refractivity contribution in [2.45, 2.75) is 58.0 Å². The number of phenolic OH excluding ortho intramolecular Hbond substituents is 1. The minimum Gasteiger partial charge on any atom is -0.508 e. The number of aromatic nitrogens is 2. The minimum atomic E-state index is -0.362. The molecule has 0 amide bonds. The molecule has 3 aliphatic carbocycles. The Morgan fingerprint density at radius 1 is 1.29 bits per heavy atom. The summed E-state index contributed by atoms with van der Waals surface area (Å²) >= 11 is 0. The zero-order chi connectivity index (χ0) is 19.6. The van der Waals surface area contributed by atoms with Crippen LogP contribution in [0.2, 0.25) is 0 Å². The van der Waals surface area contributed by atoms with Crippen LogP contribution in [-0.2, 0) is 13.5 Å². The third-order valence-corrected chi connectivity index (χ3v) is 7.97. The van der Waals surface area contributed by atoms with Gasteiger partial charge in [0.1, 0.15) is 5.75 Å². The predicted octanol–water partition coefficient (Wildman–Crippen LogP) is 4.34. The van der Waals surface area contributed by atoms with E-state index in [2.05, 4.69) is 24.2 Å². The van der Waals surface area contributed by atoms with Crippen molar-refractivity contribution in [3.63, 3.8) is 0 Å². The summed E-state index contributed by atoms with van der Waals surface area (Å²) in [6.45, 7) is 4.34. The van der Waals surface area contributed by atoms with Crippen molar-refractivity contribution >= 4 is 6.08 Å². The van der Waals surface area contributed by atoms with Crippen LogP contribution >= 0.6 is 0 Å². The molecule has 0 aliphatic heterocycles. The summed E-state index contributed by atoms with van der Waals surface area (Å²) in [5.41, 5.74) is 6.06. The van der Waals surface area contributed by atoms with Crippen LogP contribution in [0.4, 0.5) is 0 Å². The number of aryl methyl sites for hydroxylation is 3.